The molecule has 0 aromatic carbocycles. The first-order valence-corrected chi connectivity index (χ1v) is 6.74. The number of carbonyl (C=O) groups is 1. The summed E-state index contributed by atoms with van der Waals surface area (Å²) in [6.45, 7) is 4.93. The van der Waals surface area contributed by atoms with Gasteiger partial charge in [-0.25, -0.2) is 0 Å². The quantitative estimate of drug-likeness (QED) is 0.647. The number of carbonyl (C=O) groups excluding carboxylic acids is 1. The fourth-order valence-corrected chi connectivity index (χ4v) is 2.48. The molecule has 4 nitrogen and oxygen atoms in total. The third-order valence-corrected chi connectivity index (χ3v) is 4.15. The lowest BCUT2D eigenvalue weighted by Crippen LogP contribution is -2.46. The summed E-state index contributed by atoms with van der Waals surface area (Å²) in [5.74, 6) is 0.943. The Balaban J connectivity index is 2.32. The van der Waals surface area contributed by atoms with Gasteiger partial charge in [0.2, 0.25) is 5.91 Å². The van der Waals surface area contributed by atoms with E-state index < -0.39 is 6.04 Å². The Morgan fingerprint density at radius 3 is 2.71 bits per heavy atom. The van der Waals surface area contributed by atoms with Crippen molar-refractivity contribution in [3.05, 3.63) is 0 Å². The lowest BCUT2D eigenvalue weighted by molar-refractivity contribution is -0.123. The van der Waals surface area contributed by atoms with Crippen LogP contribution < -0.4 is 11.1 Å². The van der Waals surface area contributed by atoms with Crippen LogP contribution in [0.1, 0.15) is 39.5 Å². The molecule has 3 unspecified atom stereocenters. The molecule has 17 heavy (non-hydrogen) atoms. The number of amides is 1. The molecular formula is C13H26N2O2. The topological polar surface area (TPSA) is 75.4 Å². The van der Waals surface area contributed by atoms with E-state index in [-0.39, 0.29) is 18.4 Å². The highest BCUT2D eigenvalue weighted by Gasteiger charge is 2.27. The Morgan fingerprint density at radius 1 is 1.47 bits per heavy atom. The van der Waals surface area contributed by atoms with Crippen molar-refractivity contribution in [1.82, 2.24) is 5.32 Å². The maximum absolute atomic E-state index is 11.8. The summed E-state index contributed by atoms with van der Waals surface area (Å²) in [6, 6.07) is -0.408. The van der Waals surface area contributed by atoms with Crippen LogP contribution >= 0.6 is 0 Å². The van der Waals surface area contributed by atoms with Gasteiger partial charge in [-0.2, -0.15) is 0 Å². The molecule has 1 fully saturated rings. The lowest BCUT2D eigenvalue weighted by Gasteiger charge is -2.21. The van der Waals surface area contributed by atoms with Crippen LogP contribution in [0, 0.1) is 17.8 Å². The van der Waals surface area contributed by atoms with Crippen LogP contribution in [0.4, 0.5) is 0 Å². The van der Waals surface area contributed by atoms with Gasteiger partial charge in [0, 0.05) is 13.2 Å². The van der Waals surface area contributed by atoms with Crippen LogP contribution in [0.2, 0.25) is 0 Å². The molecule has 4 heteroatoms. The molecule has 0 aromatic rings. The summed E-state index contributed by atoms with van der Waals surface area (Å²) in [5, 5.41) is 12.1. The van der Waals surface area contributed by atoms with Crippen molar-refractivity contribution in [2.75, 3.05) is 13.2 Å². The highest BCUT2D eigenvalue weighted by atomic mass is 16.3. The van der Waals surface area contributed by atoms with E-state index >= 15 is 0 Å². The molecule has 0 bridgehead atoms. The van der Waals surface area contributed by atoms with E-state index in [0.717, 1.165) is 25.7 Å². The van der Waals surface area contributed by atoms with Crippen LogP contribution in [0.25, 0.3) is 0 Å². The normalized spacial score (nSPS) is 27.8. The smallest absolute Gasteiger partial charge is 0.237 e. The van der Waals surface area contributed by atoms with Crippen LogP contribution in [-0.4, -0.2) is 30.2 Å². The van der Waals surface area contributed by atoms with Crippen LogP contribution in [0.15, 0.2) is 0 Å². The monoisotopic (exact) mass is 242 g/mol. The van der Waals surface area contributed by atoms with Crippen molar-refractivity contribution < 1.29 is 9.90 Å². The molecule has 0 spiro atoms. The minimum Gasteiger partial charge on any atom is -0.396 e. The number of aliphatic hydroxyl groups excluding tert-OH is 1. The number of nitrogens with one attached hydrogen (secondary N) is 1. The third-order valence-electron chi connectivity index (χ3n) is 4.15. The maximum atomic E-state index is 11.8. The van der Waals surface area contributed by atoms with E-state index in [1.54, 1.807) is 0 Å². The van der Waals surface area contributed by atoms with Crippen molar-refractivity contribution in [2.45, 2.75) is 45.6 Å². The molecule has 4 atom stereocenters. The highest BCUT2D eigenvalue weighted by Crippen LogP contribution is 2.30. The van der Waals surface area contributed by atoms with E-state index in [1.807, 2.05) is 13.8 Å². The van der Waals surface area contributed by atoms with Crippen molar-refractivity contribution in [3.63, 3.8) is 0 Å². The number of rotatable bonds is 6. The second-order valence-corrected chi connectivity index (χ2v) is 5.29. The standard InChI is InChI=1S/C13H26N2O2/c1-3-9(2)12(14)13(17)15-7-10-5-4-6-11(10)8-16/h9-12,16H,3-8,14H2,1-2H3,(H,15,17)/t9?,10?,11?,12-/m0/s1. The van der Waals surface area contributed by atoms with Crippen molar-refractivity contribution >= 4 is 5.91 Å². The fraction of sp³-hybridized carbons (Fsp3) is 0.923. The lowest BCUT2D eigenvalue weighted by atomic mass is 9.96. The zero-order valence-electron chi connectivity index (χ0n) is 11.0. The van der Waals surface area contributed by atoms with Gasteiger partial charge in [0.15, 0.2) is 0 Å². The summed E-state index contributed by atoms with van der Waals surface area (Å²) in [4.78, 5) is 11.8. The Kier molecular flexibility index (Phi) is 5.92. The molecule has 1 amide bonds. The van der Waals surface area contributed by atoms with E-state index in [0.29, 0.717) is 18.4 Å². The average molecular weight is 242 g/mol. The minimum atomic E-state index is -0.408. The second-order valence-electron chi connectivity index (χ2n) is 5.29. The van der Waals surface area contributed by atoms with E-state index in [2.05, 4.69) is 5.32 Å². The first kappa shape index (κ1) is 14.5. The molecule has 1 aliphatic rings. The highest BCUT2D eigenvalue weighted by molar-refractivity contribution is 5.81. The van der Waals surface area contributed by atoms with Gasteiger partial charge in [-0.05, 0) is 30.6 Å². The predicted molar refractivity (Wildman–Crippen MR) is 68.4 cm³/mol. The van der Waals surface area contributed by atoms with Gasteiger partial charge < -0.3 is 16.2 Å². The van der Waals surface area contributed by atoms with E-state index in [1.165, 1.54) is 0 Å². The molecule has 0 aliphatic heterocycles. The maximum Gasteiger partial charge on any atom is 0.237 e. The summed E-state index contributed by atoms with van der Waals surface area (Å²) < 4.78 is 0. The number of hydrogen-bond acceptors (Lipinski definition) is 3. The Morgan fingerprint density at radius 2 is 2.12 bits per heavy atom. The van der Waals surface area contributed by atoms with Gasteiger partial charge in [0.1, 0.15) is 0 Å². The molecule has 4 N–H and O–H groups in total. The number of hydrogen-bond donors (Lipinski definition) is 3. The zero-order chi connectivity index (χ0) is 12.8. The van der Waals surface area contributed by atoms with Crippen LogP contribution in [-0.2, 0) is 4.79 Å². The molecule has 1 saturated carbocycles. The summed E-state index contributed by atoms with van der Waals surface area (Å²) in [6.07, 6.45) is 4.25. The molecular weight excluding hydrogens is 216 g/mol. The Labute approximate surface area is 104 Å². The average Bonchev–Trinajstić information content (AvgIpc) is 2.81. The van der Waals surface area contributed by atoms with Gasteiger partial charge in [-0.15, -0.1) is 0 Å². The molecule has 0 saturated heterocycles. The number of aliphatic hydroxyl groups is 1. The van der Waals surface area contributed by atoms with Crippen LogP contribution in [0.5, 0.6) is 0 Å². The Hall–Kier alpha value is -0.610. The molecule has 0 radical (unpaired) electrons. The van der Waals surface area contributed by atoms with E-state index in [4.69, 9.17) is 5.73 Å². The minimum absolute atomic E-state index is 0.0528. The van der Waals surface area contributed by atoms with Crippen molar-refractivity contribution in [2.24, 2.45) is 23.5 Å². The van der Waals surface area contributed by atoms with Gasteiger partial charge in [0.05, 0.1) is 6.04 Å². The molecule has 0 heterocycles. The van der Waals surface area contributed by atoms with Gasteiger partial charge in [0.25, 0.3) is 0 Å². The van der Waals surface area contributed by atoms with Gasteiger partial charge in [-0.3, -0.25) is 4.79 Å². The van der Waals surface area contributed by atoms with Crippen molar-refractivity contribution in [3.8, 4) is 0 Å². The zero-order valence-corrected chi connectivity index (χ0v) is 11.0. The largest absolute Gasteiger partial charge is 0.396 e. The van der Waals surface area contributed by atoms with Gasteiger partial charge >= 0.3 is 0 Å². The molecule has 1 aliphatic carbocycles. The van der Waals surface area contributed by atoms with E-state index in [9.17, 15) is 9.90 Å². The Bertz CT molecular complexity index is 246. The summed E-state index contributed by atoms with van der Waals surface area (Å²) in [7, 11) is 0. The summed E-state index contributed by atoms with van der Waals surface area (Å²) >= 11 is 0. The second kappa shape index (κ2) is 6.97. The first-order chi connectivity index (χ1) is 8.10. The third kappa shape index (κ3) is 3.96. The predicted octanol–water partition coefficient (Wildman–Crippen LogP) is 0.885. The summed E-state index contributed by atoms with van der Waals surface area (Å²) in [5.41, 5.74) is 5.86. The molecule has 0 aromatic heterocycles. The fourth-order valence-electron chi connectivity index (χ4n) is 2.48. The van der Waals surface area contributed by atoms with Crippen LogP contribution in [0.3, 0.4) is 0 Å². The van der Waals surface area contributed by atoms with Gasteiger partial charge in [-0.1, -0.05) is 26.7 Å². The number of nitrogens with two attached hydrogens (primary N) is 1. The van der Waals surface area contributed by atoms with Crippen molar-refractivity contribution in [1.29, 1.82) is 0 Å². The molecule has 100 valence electrons. The first-order valence-electron chi connectivity index (χ1n) is 6.74. The SMILES string of the molecule is CCC(C)[C@H](N)C(=O)NCC1CCCC1CO. The molecule has 1 rings (SSSR count).